The molecule has 0 bridgehead atoms. The van der Waals surface area contributed by atoms with Crippen molar-refractivity contribution in [3.05, 3.63) is 65.2 Å². The number of hydrogen-bond donors (Lipinski definition) is 1. The number of rotatable bonds is 5. The molecule has 1 saturated heterocycles. The third-order valence-corrected chi connectivity index (χ3v) is 4.37. The fraction of sp³-hybridized carbons (Fsp3) is 0.400. The zero-order valence-electron chi connectivity index (χ0n) is 13.3. The van der Waals surface area contributed by atoms with Crippen molar-refractivity contribution in [3.63, 3.8) is 0 Å². The van der Waals surface area contributed by atoms with Crippen molar-refractivity contribution < 1.29 is 4.74 Å². The summed E-state index contributed by atoms with van der Waals surface area (Å²) in [5.74, 6) is 0.990. The van der Waals surface area contributed by atoms with Crippen molar-refractivity contribution in [3.8, 4) is 5.75 Å². The highest BCUT2D eigenvalue weighted by Gasteiger charge is 2.13. The zero-order valence-corrected chi connectivity index (χ0v) is 13.3. The number of hydrogen-bond acceptors (Lipinski definition) is 2. The summed E-state index contributed by atoms with van der Waals surface area (Å²) < 4.78 is 5.95. The number of ether oxygens (including phenoxy) is 1. The normalized spacial score (nSPS) is 18.1. The lowest BCUT2D eigenvalue weighted by Crippen LogP contribution is -2.35. The summed E-state index contributed by atoms with van der Waals surface area (Å²) >= 11 is 0. The highest BCUT2D eigenvalue weighted by Crippen LogP contribution is 2.22. The SMILES string of the molecule is Cc1cc(CC2CCCCN2)ccc1OCc1ccccc1. The van der Waals surface area contributed by atoms with Crippen molar-refractivity contribution in [2.75, 3.05) is 6.54 Å². The van der Waals surface area contributed by atoms with Crippen molar-refractivity contribution in [2.45, 2.75) is 45.3 Å². The lowest BCUT2D eigenvalue weighted by molar-refractivity contribution is 0.304. The molecule has 2 heteroatoms. The van der Waals surface area contributed by atoms with Crippen molar-refractivity contribution >= 4 is 0 Å². The smallest absolute Gasteiger partial charge is 0.122 e. The van der Waals surface area contributed by atoms with Crippen LogP contribution in [0, 0.1) is 6.92 Å². The second-order valence-corrected chi connectivity index (χ2v) is 6.23. The first-order valence-electron chi connectivity index (χ1n) is 8.31. The largest absolute Gasteiger partial charge is 0.489 e. The summed E-state index contributed by atoms with van der Waals surface area (Å²) in [7, 11) is 0. The van der Waals surface area contributed by atoms with Gasteiger partial charge in [0, 0.05) is 6.04 Å². The number of piperidine rings is 1. The summed E-state index contributed by atoms with van der Waals surface area (Å²) in [6.07, 6.45) is 5.10. The third kappa shape index (κ3) is 4.11. The summed E-state index contributed by atoms with van der Waals surface area (Å²) in [6.45, 7) is 3.94. The highest BCUT2D eigenvalue weighted by molar-refractivity contribution is 5.36. The predicted molar refractivity (Wildman–Crippen MR) is 91.3 cm³/mol. The first-order valence-corrected chi connectivity index (χ1v) is 8.31. The first-order chi connectivity index (χ1) is 10.8. The molecule has 1 fully saturated rings. The molecule has 1 unspecified atom stereocenters. The molecule has 0 aromatic heterocycles. The van der Waals surface area contributed by atoms with Gasteiger partial charge in [-0.15, -0.1) is 0 Å². The van der Waals surface area contributed by atoms with Crippen LogP contribution in [0.25, 0.3) is 0 Å². The van der Waals surface area contributed by atoms with Crippen LogP contribution in [0.5, 0.6) is 5.75 Å². The summed E-state index contributed by atoms with van der Waals surface area (Å²) in [5, 5.41) is 3.62. The van der Waals surface area contributed by atoms with Gasteiger partial charge in [0.15, 0.2) is 0 Å². The van der Waals surface area contributed by atoms with E-state index in [4.69, 9.17) is 4.74 Å². The average Bonchev–Trinajstić information content (AvgIpc) is 2.56. The molecule has 0 spiro atoms. The Morgan fingerprint density at radius 2 is 1.91 bits per heavy atom. The minimum atomic E-state index is 0.630. The maximum absolute atomic E-state index is 5.95. The van der Waals surface area contributed by atoms with Crippen LogP contribution < -0.4 is 10.1 Å². The Kier molecular flexibility index (Phi) is 5.12. The molecule has 2 aromatic rings. The summed E-state index contributed by atoms with van der Waals surface area (Å²) in [5.41, 5.74) is 3.84. The van der Waals surface area contributed by atoms with Crippen molar-refractivity contribution in [1.82, 2.24) is 5.32 Å². The topological polar surface area (TPSA) is 21.3 Å². The molecular formula is C20H25NO. The van der Waals surface area contributed by atoms with Gasteiger partial charge in [-0.05, 0) is 55.5 Å². The zero-order chi connectivity index (χ0) is 15.2. The van der Waals surface area contributed by atoms with E-state index in [-0.39, 0.29) is 0 Å². The second kappa shape index (κ2) is 7.46. The molecule has 22 heavy (non-hydrogen) atoms. The van der Waals surface area contributed by atoms with Gasteiger partial charge in [-0.2, -0.15) is 0 Å². The van der Waals surface area contributed by atoms with E-state index in [1.165, 1.54) is 42.5 Å². The predicted octanol–water partition coefficient (Wildman–Crippen LogP) is 4.26. The highest BCUT2D eigenvalue weighted by atomic mass is 16.5. The minimum absolute atomic E-state index is 0.630. The van der Waals surface area contributed by atoms with E-state index in [1.807, 2.05) is 18.2 Å². The molecule has 0 amide bonds. The van der Waals surface area contributed by atoms with Crippen LogP contribution in [-0.2, 0) is 13.0 Å². The Labute approximate surface area is 133 Å². The number of nitrogens with one attached hydrogen (secondary N) is 1. The van der Waals surface area contributed by atoms with Crippen LogP contribution in [0.3, 0.4) is 0 Å². The molecule has 0 radical (unpaired) electrons. The molecular weight excluding hydrogens is 270 g/mol. The van der Waals surface area contributed by atoms with Gasteiger partial charge in [0.25, 0.3) is 0 Å². The van der Waals surface area contributed by atoms with Gasteiger partial charge in [-0.3, -0.25) is 0 Å². The molecule has 1 aliphatic rings. The third-order valence-electron chi connectivity index (χ3n) is 4.37. The molecule has 1 aliphatic heterocycles. The van der Waals surface area contributed by atoms with E-state index in [2.05, 4.69) is 42.6 Å². The molecule has 3 rings (SSSR count). The van der Waals surface area contributed by atoms with Crippen LogP contribution in [0.4, 0.5) is 0 Å². The molecule has 1 N–H and O–H groups in total. The van der Waals surface area contributed by atoms with E-state index in [1.54, 1.807) is 0 Å². The van der Waals surface area contributed by atoms with Gasteiger partial charge < -0.3 is 10.1 Å². The average molecular weight is 295 g/mol. The summed E-state index contributed by atoms with van der Waals surface area (Å²) in [6, 6.07) is 17.6. The van der Waals surface area contributed by atoms with E-state index in [0.717, 1.165) is 12.2 Å². The quantitative estimate of drug-likeness (QED) is 0.890. The molecule has 0 aliphatic carbocycles. The fourth-order valence-electron chi connectivity index (χ4n) is 3.12. The summed E-state index contributed by atoms with van der Waals surface area (Å²) in [4.78, 5) is 0. The first kappa shape index (κ1) is 15.1. The molecule has 2 nitrogen and oxygen atoms in total. The second-order valence-electron chi connectivity index (χ2n) is 6.23. The molecule has 1 heterocycles. The lowest BCUT2D eigenvalue weighted by atomic mass is 9.97. The van der Waals surface area contributed by atoms with Crippen LogP contribution in [0.1, 0.15) is 36.0 Å². The Morgan fingerprint density at radius 3 is 2.64 bits per heavy atom. The maximum Gasteiger partial charge on any atom is 0.122 e. The number of aryl methyl sites for hydroxylation is 1. The van der Waals surface area contributed by atoms with Gasteiger partial charge >= 0.3 is 0 Å². The van der Waals surface area contributed by atoms with Gasteiger partial charge in [-0.1, -0.05) is 48.9 Å². The van der Waals surface area contributed by atoms with Crippen LogP contribution >= 0.6 is 0 Å². The van der Waals surface area contributed by atoms with E-state index >= 15 is 0 Å². The van der Waals surface area contributed by atoms with Crippen molar-refractivity contribution in [1.29, 1.82) is 0 Å². The van der Waals surface area contributed by atoms with E-state index in [9.17, 15) is 0 Å². The minimum Gasteiger partial charge on any atom is -0.489 e. The van der Waals surface area contributed by atoms with E-state index in [0.29, 0.717) is 12.6 Å². The van der Waals surface area contributed by atoms with Gasteiger partial charge in [-0.25, -0.2) is 0 Å². The fourth-order valence-corrected chi connectivity index (χ4v) is 3.12. The Morgan fingerprint density at radius 1 is 1.05 bits per heavy atom. The van der Waals surface area contributed by atoms with Gasteiger partial charge in [0.1, 0.15) is 12.4 Å². The Bertz CT molecular complexity index is 588. The van der Waals surface area contributed by atoms with Crippen LogP contribution in [0.2, 0.25) is 0 Å². The van der Waals surface area contributed by atoms with E-state index < -0.39 is 0 Å². The molecule has 2 aromatic carbocycles. The molecule has 1 atom stereocenters. The van der Waals surface area contributed by atoms with Crippen LogP contribution in [0.15, 0.2) is 48.5 Å². The lowest BCUT2D eigenvalue weighted by Gasteiger charge is -2.23. The molecule has 0 saturated carbocycles. The number of benzene rings is 2. The van der Waals surface area contributed by atoms with Crippen molar-refractivity contribution in [2.24, 2.45) is 0 Å². The maximum atomic E-state index is 5.95. The van der Waals surface area contributed by atoms with Gasteiger partial charge in [0.05, 0.1) is 0 Å². The molecule has 116 valence electrons. The standard InChI is InChI=1S/C20H25NO/c1-16-13-18(14-19-9-5-6-12-21-19)10-11-20(16)22-15-17-7-3-2-4-8-17/h2-4,7-8,10-11,13,19,21H,5-6,9,12,14-15H2,1H3. The Balaban J connectivity index is 1.59. The Hall–Kier alpha value is -1.80. The van der Waals surface area contributed by atoms with Gasteiger partial charge in [0.2, 0.25) is 0 Å². The monoisotopic (exact) mass is 295 g/mol. The van der Waals surface area contributed by atoms with Crippen LogP contribution in [-0.4, -0.2) is 12.6 Å².